The zero-order chi connectivity index (χ0) is 14.9. The van der Waals surface area contributed by atoms with Crippen LogP contribution in [0.1, 0.15) is 17.0 Å². The van der Waals surface area contributed by atoms with Crippen LogP contribution in [0.4, 0.5) is 5.69 Å². The van der Waals surface area contributed by atoms with Crippen molar-refractivity contribution >= 4 is 5.69 Å². The number of hydrogen-bond donors (Lipinski definition) is 0. The minimum Gasteiger partial charge on any atom is -0.419 e. The molecule has 0 spiro atoms. The van der Waals surface area contributed by atoms with Gasteiger partial charge in [0.2, 0.25) is 11.8 Å². The Kier molecular flexibility index (Phi) is 3.15. The zero-order valence-electron chi connectivity index (χ0n) is 12.5. The zero-order valence-corrected chi connectivity index (χ0v) is 12.5. The van der Waals surface area contributed by atoms with Gasteiger partial charge in [0, 0.05) is 17.8 Å². The van der Waals surface area contributed by atoms with Gasteiger partial charge in [-0.3, -0.25) is 0 Å². The van der Waals surface area contributed by atoms with Crippen molar-refractivity contribution in [3.8, 4) is 11.5 Å². The summed E-state index contributed by atoms with van der Waals surface area (Å²) in [5.41, 5.74) is 4.81. The van der Waals surface area contributed by atoms with Crippen LogP contribution in [0.15, 0.2) is 52.9 Å². The van der Waals surface area contributed by atoms with Crippen molar-refractivity contribution in [2.24, 2.45) is 0 Å². The van der Waals surface area contributed by atoms with E-state index >= 15 is 0 Å². The van der Waals surface area contributed by atoms with Gasteiger partial charge < -0.3 is 9.32 Å². The van der Waals surface area contributed by atoms with Crippen molar-refractivity contribution in [3.05, 3.63) is 65.5 Å². The van der Waals surface area contributed by atoms with Crippen LogP contribution in [0.2, 0.25) is 0 Å². The molecule has 2 aromatic carbocycles. The molecule has 1 aliphatic rings. The van der Waals surface area contributed by atoms with Gasteiger partial charge in [-0.2, -0.15) is 0 Å². The fourth-order valence-corrected chi connectivity index (χ4v) is 2.97. The first-order chi connectivity index (χ1) is 10.8. The van der Waals surface area contributed by atoms with Crippen LogP contribution in [-0.4, -0.2) is 16.7 Å². The van der Waals surface area contributed by atoms with Gasteiger partial charge >= 0.3 is 0 Å². The van der Waals surface area contributed by atoms with Crippen molar-refractivity contribution in [3.63, 3.8) is 0 Å². The average Bonchev–Trinajstić information content (AvgIpc) is 3.16. The van der Waals surface area contributed by atoms with Gasteiger partial charge in [0.05, 0.1) is 6.54 Å². The van der Waals surface area contributed by atoms with Crippen LogP contribution in [0, 0.1) is 6.92 Å². The Morgan fingerprint density at radius 2 is 1.86 bits per heavy atom. The van der Waals surface area contributed by atoms with E-state index in [1.807, 2.05) is 18.2 Å². The predicted octanol–water partition coefficient (Wildman–Crippen LogP) is 3.61. The second kappa shape index (κ2) is 5.30. The smallest absolute Gasteiger partial charge is 0.248 e. The molecule has 22 heavy (non-hydrogen) atoms. The Morgan fingerprint density at radius 1 is 1.05 bits per heavy atom. The fourth-order valence-electron chi connectivity index (χ4n) is 2.97. The second-order valence-corrected chi connectivity index (χ2v) is 5.62. The van der Waals surface area contributed by atoms with Gasteiger partial charge in [0.15, 0.2) is 0 Å². The summed E-state index contributed by atoms with van der Waals surface area (Å²) in [6, 6.07) is 16.6. The second-order valence-electron chi connectivity index (χ2n) is 5.62. The third kappa shape index (κ3) is 2.26. The molecule has 0 saturated carbocycles. The standard InChI is InChI=1S/C18H17N3O/c1-13-6-2-4-8-15(13)18-20-19-17(22-18)12-21-11-10-14-7-3-5-9-16(14)21/h2-9H,10-12H2,1H3. The van der Waals surface area contributed by atoms with Crippen LogP contribution >= 0.6 is 0 Å². The van der Waals surface area contributed by atoms with Crippen molar-refractivity contribution in [2.45, 2.75) is 19.9 Å². The molecule has 0 unspecified atom stereocenters. The molecular formula is C18H17N3O. The molecule has 4 rings (SSSR count). The predicted molar refractivity (Wildman–Crippen MR) is 85.7 cm³/mol. The molecule has 1 aromatic heterocycles. The van der Waals surface area contributed by atoms with Crippen molar-refractivity contribution in [1.29, 1.82) is 0 Å². The minimum absolute atomic E-state index is 0.598. The molecule has 110 valence electrons. The fraction of sp³-hybridized carbons (Fsp3) is 0.222. The van der Waals surface area contributed by atoms with E-state index in [-0.39, 0.29) is 0 Å². The topological polar surface area (TPSA) is 42.2 Å². The molecule has 1 aliphatic heterocycles. The molecule has 0 amide bonds. The Hall–Kier alpha value is -2.62. The first-order valence-corrected chi connectivity index (χ1v) is 7.52. The number of aryl methyl sites for hydroxylation is 1. The lowest BCUT2D eigenvalue weighted by Crippen LogP contribution is -2.19. The first-order valence-electron chi connectivity index (χ1n) is 7.52. The molecule has 2 heterocycles. The molecule has 0 N–H and O–H groups in total. The quantitative estimate of drug-likeness (QED) is 0.739. The highest BCUT2D eigenvalue weighted by atomic mass is 16.4. The summed E-state index contributed by atoms with van der Waals surface area (Å²) in [5, 5.41) is 8.41. The van der Waals surface area contributed by atoms with Gasteiger partial charge in [-0.25, -0.2) is 0 Å². The van der Waals surface area contributed by atoms with E-state index in [1.54, 1.807) is 0 Å². The summed E-state index contributed by atoms with van der Waals surface area (Å²) < 4.78 is 5.86. The summed E-state index contributed by atoms with van der Waals surface area (Å²) in [7, 11) is 0. The third-order valence-corrected chi connectivity index (χ3v) is 4.15. The van der Waals surface area contributed by atoms with E-state index < -0.39 is 0 Å². The maximum atomic E-state index is 5.86. The van der Waals surface area contributed by atoms with Gasteiger partial charge in [-0.1, -0.05) is 36.4 Å². The van der Waals surface area contributed by atoms with E-state index in [0.29, 0.717) is 18.3 Å². The molecule has 4 heteroatoms. The molecule has 0 fully saturated rings. The molecular weight excluding hydrogens is 274 g/mol. The molecule has 4 nitrogen and oxygen atoms in total. The van der Waals surface area contributed by atoms with Gasteiger partial charge in [-0.05, 0) is 36.6 Å². The Bertz CT molecular complexity index is 809. The highest BCUT2D eigenvalue weighted by Crippen LogP contribution is 2.29. The molecule has 0 saturated heterocycles. The minimum atomic E-state index is 0.598. The molecule has 0 atom stereocenters. The number of benzene rings is 2. The van der Waals surface area contributed by atoms with Crippen molar-refractivity contribution in [1.82, 2.24) is 10.2 Å². The van der Waals surface area contributed by atoms with Crippen LogP contribution in [0.5, 0.6) is 0 Å². The largest absolute Gasteiger partial charge is 0.419 e. The van der Waals surface area contributed by atoms with Crippen LogP contribution in [0.3, 0.4) is 0 Å². The number of fused-ring (bicyclic) bond motifs is 1. The number of para-hydroxylation sites is 1. The highest BCUT2D eigenvalue weighted by Gasteiger charge is 2.21. The van der Waals surface area contributed by atoms with E-state index in [4.69, 9.17) is 4.42 Å². The molecule has 0 radical (unpaired) electrons. The number of rotatable bonds is 3. The van der Waals surface area contributed by atoms with E-state index in [1.165, 1.54) is 11.3 Å². The van der Waals surface area contributed by atoms with E-state index in [9.17, 15) is 0 Å². The SMILES string of the molecule is Cc1ccccc1-c1nnc(CN2CCc3ccccc32)o1. The van der Waals surface area contributed by atoms with Crippen LogP contribution in [0.25, 0.3) is 11.5 Å². The average molecular weight is 291 g/mol. The monoisotopic (exact) mass is 291 g/mol. The van der Waals surface area contributed by atoms with Gasteiger partial charge in [-0.15, -0.1) is 10.2 Å². The third-order valence-electron chi connectivity index (χ3n) is 4.15. The Morgan fingerprint density at radius 3 is 2.77 bits per heavy atom. The van der Waals surface area contributed by atoms with Crippen molar-refractivity contribution < 1.29 is 4.42 Å². The summed E-state index contributed by atoms with van der Waals surface area (Å²) in [6.07, 6.45) is 1.08. The Balaban J connectivity index is 1.58. The lowest BCUT2D eigenvalue weighted by molar-refractivity contribution is 0.500. The molecule has 3 aromatic rings. The van der Waals surface area contributed by atoms with Crippen LogP contribution < -0.4 is 4.90 Å². The summed E-state index contributed by atoms with van der Waals surface area (Å²) in [4.78, 5) is 2.30. The normalized spacial score (nSPS) is 13.4. The maximum Gasteiger partial charge on any atom is 0.248 e. The first kappa shape index (κ1) is 13.1. The lowest BCUT2D eigenvalue weighted by atomic mass is 10.1. The Labute approximate surface area is 129 Å². The number of nitrogens with zero attached hydrogens (tertiary/aromatic N) is 3. The van der Waals surface area contributed by atoms with Gasteiger partial charge in [0.25, 0.3) is 0 Å². The van der Waals surface area contributed by atoms with Gasteiger partial charge in [0.1, 0.15) is 0 Å². The highest BCUT2D eigenvalue weighted by molar-refractivity contribution is 5.59. The van der Waals surface area contributed by atoms with Crippen LogP contribution in [-0.2, 0) is 13.0 Å². The lowest BCUT2D eigenvalue weighted by Gasteiger charge is -2.16. The van der Waals surface area contributed by atoms with E-state index in [2.05, 4.69) is 52.4 Å². The summed E-state index contributed by atoms with van der Waals surface area (Å²) in [6.45, 7) is 3.72. The molecule has 0 aliphatic carbocycles. The van der Waals surface area contributed by atoms with Crippen molar-refractivity contribution in [2.75, 3.05) is 11.4 Å². The number of aromatic nitrogens is 2. The molecule has 0 bridgehead atoms. The summed E-state index contributed by atoms with van der Waals surface area (Å²) in [5.74, 6) is 1.26. The summed E-state index contributed by atoms with van der Waals surface area (Å²) >= 11 is 0. The maximum absolute atomic E-state index is 5.86. The van der Waals surface area contributed by atoms with E-state index in [0.717, 1.165) is 24.1 Å². The number of anilines is 1. The number of hydrogen-bond acceptors (Lipinski definition) is 4.